The first-order valence-electron chi connectivity index (χ1n) is 8.85. The van der Waals surface area contributed by atoms with E-state index in [1.165, 1.54) is 24.4 Å². The highest BCUT2D eigenvalue weighted by molar-refractivity contribution is 7.85. The highest BCUT2D eigenvalue weighted by Gasteiger charge is 2.27. The fourth-order valence-corrected chi connectivity index (χ4v) is 3.05. The molecule has 1 aromatic carbocycles. The van der Waals surface area contributed by atoms with Gasteiger partial charge in [-0.2, -0.15) is 12.8 Å². The van der Waals surface area contributed by atoms with Gasteiger partial charge in [-0.25, -0.2) is 4.98 Å². The number of hydrogen-bond acceptors (Lipinski definition) is 5. The van der Waals surface area contributed by atoms with E-state index in [9.17, 15) is 12.8 Å². The van der Waals surface area contributed by atoms with Crippen molar-refractivity contribution in [1.29, 1.82) is 0 Å². The summed E-state index contributed by atoms with van der Waals surface area (Å²) in [5.74, 6) is 0.176. The molecule has 0 aliphatic carbocycles. The third-order valence-electron chi connectivity index (χ3n) is 4.19. The SMILES string of the molecule is CCCC(Oc1ccc(F)nc1)[C@H]1CCN1.Cc1ccc(S(=O)(=O)O)cc1. The fraction of sp³-hybridized carbons (Fsp3) is 0.421. The van der Waals surface area contributed by atoms with E-state index in [2.05, 4.69) is 17.2 Å². The summed E-state index contributed by atoms with van der Waals surface area (Å²) in [5.41, 5.74) is 0.956. The predicted octanol–water partition coefficient (Wildman–Crippen LogP) is 3.37. The molecule has 27 heavy (non-hydrogen) atoms. The molecule has 0 radical (unpaired) electrons. The Hall–Kier alpha value is -2.03. The first-order valence-corrected chi connectivity index (χ1v) is 10.3. The lowest BCUT2D eigenvalue weighted by Gasteiger charge is -2.35. The van der Waals surface area contributed by atoms with Crippen molar-refractivity contribution in [1.82, 2.24) is 10.3 Å². The first-order chi connectivity index (χ1) is 12.8. The van der Waals surface area contributed by atoms with Crippen LogP contribution in [0, 0.1) is 12.9 Å². The van der Waals surface area contributed by atoms with Crippen LogP contribution in [0.3, 0.4) is 0 Å². The Balaban J connectivity index is 0.000000208. The Morgan fingerprint density at radius 1 is 1.30 bits per heavy atom. The standard InChI is InChI=1S/C12H17FN2O.C7H8O3S/c1-2-3-11(10-6-7-14-10)16-9-4-5-12(13)15-8-9;1-6-2-4-7(5-3-6)11(8,9)10/h4-5,8,10-11,14H,2-3,6-7H2,1H3;2-5H,1H3,(H,8,9,10)/t10-,11?;/m1./s1. The van der Waals surface area contributed by atoms with Crippen LogP contribution >= 0.6 is 0 Å². The van der Waals surface area contributed by atoms with Crippen LogP contribution in [0.4, 0.5) is 4.39 Å². The first kappa shape index (κ1) is 21.3. The molecule has 2 N–H and O–H groups in total. The van der Waals surface area contributed by atoms with Gasteiger partial charge in [0.25, 0.3) is 10.1 Å². The second kappa shape index (κ2) is 9.77. The Bertz CT molecular complexity index is 807. The number of halogens is 1. The molecule has 8 heteroatoms. The van der Waals surface area contributed by atoms with E-state index in [0.717, 1.165) is 31.4 Å². The van der Waals surface area contributed by atoms with Crippen molar-refractivity contribution in [3.8, 4) is 5.75 Å². The summed E-state index contributed by atoms with van der Waals surface area (Å²) in [6, 6.07) is 9.38. The van der Waals surface area contributed by atoms with Gasteiger partial charge >= 0.3 is 0 Å². The van der Waals surface area contributed by atoms with E-state index in [1.807, 2.05) is 6.92 Å². The van der Waals surface area contributed by atoms with Gasteiger partial charge in [-0.1, -0.05) is 31.0 Å². The lowest BCUT2D eigenvalue weighted by atomic mass is 9.97. The van der Waals surface area contributed by atoms with Crippen LogP contribution in [0.1, 0.15) is 31.7 Å². The lowest BCUT2D eigenvalue weighted by molar-refractivity contribution is 0.108. The average Bonchev–Trinajstić information content (AvgIpc) is 2.56. The number of aryl methyl sites for hydroxylation is 1. The number of nitrogens with one attached hydrogen (secondary N) is 1. The van der Waals surface area contributed by atoms with Gasteiger partial charge in [0, 0.05) is 6.04 Å². The maximum Gasteiger partial charge on any atom is 0.294 e. The van der Waals surface area contributed by atoms with E-state index in [1.54, 1.807) is 18.2 Å². The van der Waals surface area contributed by atoms with Crippen LogP contribution in [0.2, 0.25) is 0 Å². The molecule has 2 atom stereocenters. The van der Waals surface area contributed by atoms with Gasteiger partial charge in [0.05, 0.1) is 11.1 Å². The second-order valence-corrected chi connectivity index (χ2v) is 7.82. The third kappa shape index (κ3) is 6.89. The summed E-state index contributed by atoms with van der Waals surface area (Å²) < 4.78 is 48.0. The monoisotopic (exact) mass is 396 g/mol. The minimum absolute atomic E-state index is 0.0666. The van der Waals surface area contributed by atoms with Gasteiger partial charge in [0.15, 0.2) is 0 Å². The second-order valence-electron chi connectivity index (χ2n) is 6.40. The molecule has 1 saturated heterocycles. The quantitative estimate of drug-likeness (QED) is 0.575. The van der Waals surface area contributed by atoms with Crippen molar-refractivity contribution in [2.75, 3.05) is 6.54 Å². The van der Waals surface area contributed by atoms with Crippen molar-refractivity contribution < 1.29 is 22.1 Å². The molecule has 2 heterocycles. The van der Waals surface area contributed by atoms with Crippen molar-refractivity contribution in [3.05, 3.63) is 54.1 Å². The van der Waals surface area contributed by atoms with Gasteiger partial charge < -0.3 is 10.1 Å². The number of pyridine rings is 1. The van der Waals surface area contributed by atoms with Crippen molar-refractivity contribution in [3.63, 3.8) is 0 Å². The number of rotatable bonds is 6. The van der Waals surface area contributed by atoms with Gasteiger partial charge in [0.1, 0.15) is 11.9 Å². The van der Waals surface area contributed by atoms with Crippen molar-refractivity contribution in [2.45, 2.75) is 50.2 Å². The maximum atomic E-state index is 12.6. The van der Waals surface area contributed by atoms with Crippen molar-refractivity contribution in [2.24, 2.45) is 0 Å². The van der Waals surface area contributed by atoms with E-state index < -0.39 is 16.1 Å². The third-order valence-corrected chi connectivity index (χ3v) is 5.06. The Morgan fingerprint density at radius 3 is 2.41 bits per heavy atom. The fourth-order valence-electron chi connectivity index (χ4n) is 2.57. The molecule has 0 spiro atoms. The molecule has 1 aliphatic rings. The molecule has 3 rings (SSSR count). The van der Waals surface area contributed by atoms with Crippen LogP contribution in [-0.2, 0) is 10.1 Å². The topological polar surface area (TPSA) is 88.5 Å². The molecule has 2 aromatic rings. The summed E-state index contributed by atoms with van der Waals surface area (Å²) in [4.78, 5) is 3.52. The summed E-state index contributed by atoms with van der Waals surface area (Å²) in [6.45, 7) is 5.04. The molecule has 148 valence electrons. The minimum Gasteiger partial charge on any atom is -0.487 e. The number of nitrogens with zero attached hydrogens (tertiary/aromatic N) is 1. The normalized spacial score (nSPS) is 17.3. The maximum absolute atomic E-state index is 12.6. The van der Waals surface area contributed by atoms with Gasteiger partial charge in [0.2, 0.25) is 5.95 Å². The molecular formula is C19H25FN2O4S. The van der Waals surface area contributed by atoms with E-state index >= 15 is 0 Å². The highest BCUT2D eigenvalue weighted by atomic mass is 32.2. The van der Waals surface area contributed by atoms with Crippen LogP contribution in [0.25, 0.3) is 0 Å². The summed E-state index contributed by atoms with van der Waals surface area (Å²) in [7, 11) is -4.02. The zero-order chi connectivity index (χ0) is 19.9. The number of ether oxygens (including phenoxy) is 1. The zero-order valence-corrected chi connectivity index (χ0v) is 16.2. The minimum atomic E-state index is -4.02. The summed E-state index contributed by atoms with van der Waals surface area (Å²) in [5, 5.41) is 3.34. The summed E-state index contributed by atoms with van der Waals surface area (Å²) in [6.07, 6.45) is 4.86. The predicted molar refractivity (Wildman–Crippen MR) is 101 cm³/mol. The largest absolute Gasteiger partial charge is 0.487 e. The van der Waals surface area contributed by atoms with Gasteiger partial charge in [-0.3, -0.25) is 4.55 Å². The van der Waals surface area contributed by atoms with Crippen LogP contribution < -0.4 is 10.1 Å². The van der Waals surface area contributed by atoms with E-state index in [-0.39, 0.29) is 11.0 Å². The molecule has 1 aromatic heterocycles. The number of aromatic nitrogens is 1. The molecule has 1 aliphatic heterocycles. The zero-order valence-electron chi connectivity index (χ0n) is 15.4. The molecule has 0 saturated carbocycles. The summed E-state index contributed by atoms with van der Waals surface area (Å²) >= 11 is 0. The highest BCUT2D eigenvalue weighted by Crippen LogP contribution is 2.19. The van der Waals surface area contributed by atoms with Crippen LogP contribution in [-0.4, -0.2) is 36.6 Å². The molecule has 0 bridgehead atoms. The Morgan fingerprint density at radius 2 is 1.96 bits per heavy atom. The average molecular weight is 396 g/mol. The Kier molecular flexibility index (Phi) is 7.70. The molecule has 0 amide bonds. The van der Waals surface area contributed by atoms with E-state index in [4.69, 9.17) is 9.29 Å². The lowest BCUT2D eigenvalue weighted by Crippen LogP contribution is -2.52. The van der Waals surface area contributed by atoms with Gasteiger partial charge in [-0.15, -0.1) is 0 Å². The van der Waals surface area contributed by atoms with E-state index in [0.29, 0.717) is 11.8 Å². The van der Waals surface area contributed by atoms with Crippen LogP contribution in [0.5, 0.6) is 5.75 Å². The smallest absolute Gasteiger partial charge is 0.294 e. The van der Waals surface area contributed by atoms with Crippen molar-refractivity contribution >= 4 is 10.1 Å². The Labute approximate surface area is 159 Å². The molecule has 1 fully saturated rings. The molecule has 1 unspecified atom stereocenters. The molecular weight excluding hydrogens is 371 g/mol. The van der Waals surface area contributed by atoms with Crippen LogP contribution in [0.15, 0.2) is 47.5 Å². The number of hydrogen-bond donors (Lipinski definition) is 2. The van der Waals surface area contributed by atoms with Gasteiger partial charge in [-0.05, 0) is 50.6 Å². The number of benzene rings is 1. The molecule has 6 nitrogen and oxygen atoms in total.